The number of carboxylic acids is 12. The van der Waals surface area contributed by atoms with E-state index >= 15 is 0 Å². The zero-order chi connectivity index (χ0) is 84.3. The van der Waals surface area contributed by atoms with Gasteiger partial charge in [-0.15, -0.1) is 0 Å². The van der Waals surface area contributed by atoms with E-state index in [1.165, 1.54) is 4.90 Å². The van der Waals surface area contributed by atoms with Crippen LogP contribution in [0.15, 0.2) is 18.2 Å². The fourth-order valence-electron chi connectivity index (χ4n) is 9.95. The molecular formula is C68H106N6O39. The fraction of sp³-hybridized carbons (Fsp3) is 0.691. The molecule has 0 atom stereocenters. The van der Waals surface area contributed by atoms with Gasteiger partial charge in [0.05, 0.1) is 279 Å². The predicted octanol–water partition coefficient (Wildman–Crippen LogP) is -2.15. The van der Waals surface area contributed by atoms with E-state index in [1.807, 2.05) is 0 Å². The number of nitrogens with one attached hydrogen (secondary N) is 3. The Balaban J connectivity index is 4.50. The topological polar surface area (TPSA) is 655 Å². The largest absolute Gasteiger partial charge is 0.481 e. The van der Waals surface area contributed by atoms with Crippen LogP contribution in [0.1, 0.15) is 108 Å². The summed E-state index contributed by atoms with van der Waals surface area (Å²) < 4.78 is 68.7. The summed E-state index contributed by atoms with van der Waals surface area (Å²) >= 11 is 0. The summed E-state index contributed by atoms with van der Waals surface area (Å²) in [6.07, 6.45) is -5.90. The third kappa shape index (κ3) is 53.3. The summed E-state index contributed by atoms with van der Waals surface area (Å²) in [6.45, 7) is -11.0. The lowest BCUT2D eigenvalue weighted by atomic mass is 10.0. The molecule has 45 nitrogen and oxygen atoms in total. The lowest BCUT2D eigenvalue weighted by molar-refractivity contribution is -0.141. The van der Waals surface area contributed by atoms with Crippen molar-refractivity contribution in [2.24, 2.45) is 0 Å². The second-order valence-electron chi connectivity index (χ2n) is 24.5. The number of rotatable bonds is 77. The maximum absolute atomic E-state index is 15.0. The molecule has 642 valence electrons. The fourth-order valence-corrected chi connectivity index (χ4v) is 9.95. The molecule has 0 unspecified atom stereocenters. The van der Waals surface area contributed by atoms with Crippen molar-refractivity contribution in [3.63, 3.8) is 0 Å². The van der Waals surface area contributed by atoms with Gasteiger partial charge in [-0.25, -0.2) is 0 Å². The van der Waals surface area contributed by atoms with Crippen LogP contribution in [0.5, 0.6) is 0 Å². The number of nitrogens with zero attached hydrogens (tertiary/aromatic N) is 3. The number of carbonyl (C=O) groups excluding carboxylic acids is 3. The number of ether oxygens (including phenoxy) is 12. The zero-order valence-corrected chi connectivity index (χ0v) is 62.4. The minimum absolute atomic E-state index is 0.287. The molecular weight excluding hydrogens is 1520 g/mol. The summed E-state index contributed by atoms with van der Waals surface area (Å²) in [5.41, 5.74) is -1.30. The number of benzene rings is 1. The first kappa shape index (κ1) is 102. The number of amides is 3. The van der Waals surface area contributed by atoms with E-state index < -0.39 is 292 Å². The molecule has 0 spiro atoms. The molecule has 0 saturated carbocycles. The molecule has 0 radical (unpaired) electrons. The van der Waals surface area contributed by atoms with Crippen molar-refractivity contribution in [1.82, 2.24) is 30.7 Å². The Morgan fingerprint density at radius 3 is 0.522 bits per heavy atom. The molecule has 0 aromatic heterocycles. The lowest BCUT2D eigenvalue weighted by Gasteiger charge is -2.38. The van der Waals surface area contributed by atoms with Gasteiger partial charge in [0.25, 0.3) is 17.7 Å². The first-order valence-corrected chi connectivity index (χ1v) is 35.6. The van der Waals surface area contributed by atoms with Gasteiger partial charge in [-0.3, -0.25) is 86.6 Å². The molecule has 0 aliphatic carbocycles. The number of hydrogen-bond donors (Lipinski definition) is 15. The number of carbonyl (C=O) groups is 15. The third-order valence-corrected chi connectivity index (χ3v) is 15.5. The maximum atomic E-state index is 15.0. The van der Waals surface area contributed by atoms with Crippen molar-refractivity contribution in [3.8, 4) is 0 Å². The van der Waals surface area contributed by atoms with Gasteiger partial charge in [0.1, 0.15) is 0 Å². The zero-order valence-electron chi connectivity index (χ0n) is 62.4. The Morgan fingerprint density at radius 2 is 0.372 bits per heavy atom. The lowest BCUT2D eigenvalue weighted by Crippen LogP contribution is -2.55. The molecule has 0 aliphatic rings. The smallest absolute Gasteiger partial charge is 0.305 e. The van der Waals surface area contributed by atoms with E-state index in [1.54, 1.807) is 9.80 Å². The highest BCUT2D eigenvalue weighted by atomic mass is 16.5. The molecule has 1 aromatic rings. The van der Waals surface area contributed by atoms with Gasteiger partial charge < -0.3 is 134 Å². The Labute approximate surface area is 647 Å². The maximum Gasteiger partial charge on any atom is 0.305 e. The van der Waals surface area contributed by atoms with E-state index in [0.717, 1.165) is 18.2 Å². The highest BCUT2D eigenvalue weighted by Crippen LogP contribution is 2.18. The van der Waals surface area contributed by atoms with Crippen molar-refractivity contribution < 1.29 is 190 Å². The Hall–Kier alpha value is -9.33. The molecule has 113 heavy (non-hydrogen) atoms. The van der Waals surface area contributed by atoms with Crippen LogP contribution in [-0.2, 0) is 114 Å². The molecule has 3 amide bonds. The summed E-state index contributed by atoms with van der Waals surface area (Å²) in [6, 6.07) is -3.12. The first-order valence-electron chi connectivity index (χ1n) is 35.6. The van der Waals surface area contributed by atoms with Crippen molar-refractivity contribution in [2.45, 2.75) is 113 Å². The van der Waals surface area contributed by atoms with Crippen LogP contribution in [-0.4, -0.2) is 393 Å². The Kier molecular flexibility index (Phi) is 55.9. The van der Waals surface area contributed by atoms with E-state index in [4.69, 9.17) is 56.8 Å². The van der Waals surface area contributed by atoms with Crippen molar-refractivity contribution in [3.05, 3.63) is 34.9 Å². The molecule has 0 aliphatic heterocycles. The van der Waals surface area contributed by atoms with Crippen molar-refractivity contribution >= 4 is 89.4 Å². The third-order valence-electron chi connectivity index (χ3n) is 15.5. The minimum atomic E-state index is -1.26. The predicted molar refractivity (Wildman–Crippen MR) is 378 cm³/mol. The first-order chi connectivity index (χ1) is 53.8. The van der Waals surface area contributed by atoms with Gasteiger partial charge in [0.2, 0.25) is 0 Å². The molecule has 15 N–H and O–H groups in total. The van der Waals surface area contributed by atoms with Crippen LogP contribution in [0, 0.1) is 0 Å². The second kappa shape index (κ2) is 62.2. The molecule has 0 heterocycles. The average Bonchev–Trinajstić information content (AvgIpc) is 0.823. The van der Waals surface area contributed by atoms with Crippen molar-refractivity contribution in [1.29, 1.82) is 0 Å². The van der Waals surface area contributed by atoms with Gasteiger partial charge in [-0.2, -0.15) is 0 Å². The summed E-state index contributed by atoms with van der Waals surface area (Å²) in [4.78, 5) is 188. The number of hydrogen-bond acceptors (Lipinski definition) is 30. The summed E-state index contributed by atoms with van der Waals surface area (Å²) in [7, 11) is 0. The Morgan fingerprint density at radius 1 is 0.230 bits per heavy atom. The standard InChI is InChI=1S/C68H106N6O39/c75-54(76)1-17-102-32-48(33-103-18-2-55(77)78)72(49(34-104-19-3-56(79)80)35-105-20-4-57(81)82)15-13-69-66(99)45-29-46(67(100)70-14-16-73(50(36-106-21-5-58(83)84)37-107-22-6-59(85)86)51(38-108-23-7-60(87)88)39-109-24-8-61(89)90)31-47(30-45)68(101)71-44-74(52(40-110-25-9-62(91)92)41-111-26-10-63(93)94)53(42-112-27-11-64(95)96)43-113-28-12-65(97)98/h29-31,48-53H,1-28,32-44H2,(H,69,99)(H,70,100)(H,71,101)(H,75,76)(H,77,78)(H,79,80)(H,81,82)(H,83,84)(H,85,86)(H,87,88)(H,89,90)(H,91,92)(H,93,94)(H,95,96)(H,97,98). The van der Waals surface area contributed by atoms with Crippen LogP contribution in [0.25, 0.3) is 0 Å². The SMILES string of the molecule is O=C(O)CCOCC(COCCC(=O)O)N(CCNC(=O)c1cc(C(=O)NCCN(C(COCCC(=O)O)COCCC(=O)O)C(COCCC(=O)O)COCCC(=O)O)cc(C(=O)NCN(C(COCCC(=O)O)COCCC(=O)O)C(COCCC(=O)O)COCCC(=O)O)c1)C(COCCC(=O)O)COCCC(=O)O. The van der Waals surface area contributed by atoms with E-state index in [2.05, 4.69) is 16.0 Å². The van der Waals surface area contributed by atoms with Gasteiger partial charge in [-0.1, -0.05) is 0 Å². The summed E-state index contributed by atoms with van der Waals surface area (Å²) in [5, 5.41) is 121. The van der Waals surface area contributed by atoms with Crippen LogP contribution in [0.2, 0.25) is 0 Å². The molecule has 0 bridgehead atoms. The second-order valence-corrected chi connectivity index (χ2v) is 24.5. The number of carboxylic acid groups (broad SMARTS) is 12. The Bertz CT molecular complexity index is 2660. The summed E-state index contributed by atoms with van der Waals surface area (Å²) in [5.74, 6) is -18.1. The monoisotopic (exact) mass is 1630 g/mol. The minimum Gasteiger partial charge on any atom is -0.481 e. The highest BCUT2D eigenvalue weighted by Gasteiger charge is 2.33. The van der Waals surface area contributed by atoms with Crippen LogP contribution < -0.4 is 16.0 Å². The molecule has 45 heteroatoms. The van der Waals surface area contributed by atoms with Crippen LogP contribution in [0.4, 0.5) is 0 Å². The van der Waals surface area contributed by atoms with Gasteiger partial charge in [0.15, 0.2) is 0 Å². The number of aliphatic carboxylic acids is 12. The highest BCUT2D eigenvalue weighted by molar-refractivity contribution is 6.04. The van der Waals surface area contributed by atoms with Gasteiger partial charge in [0, 0.05) is 42.9 Å². The molecule has 1 aromatic carbocycles. The normalized spacial score (nSPS) is 11.5. The van der Waals surface area contributed by atoms with Gasteiger partial charge in [-0.05, 0) is 18.2 Å². The van der Waals surface area contributed by atoms with Gasteiger partial charge >= 0.3 is 71.6 Å². The van der Waals surface area contributed by atoms with Crippen LogP contribution >= 0.6 is 0 Å². The van der Waals surface area contributed by atoms with Crippen molar-refractivity contribution in [2.75, 3.05) is 191 Å². The average molecular weight is 1630 g/mol. The molecule has 1 rings (SSSR count). The van der Waals surface area contributed by atoms with E-state index in [0.29, 0.717) is 0 Å². The quantitative estimate of drug-likeness (QED) is 0.0244. The van der Waals surface area contributed by atoms with Crippen LogP contribution in [0.3, 0.4) is 0 Å². The molecule has 0 fully saturated rings. The van der Waals surface area contributed by atoms with E-state index in [9.17, 15) is 133 Å². The molecule has 0 saturated heterocycles. The van der Waals surface area contributed by atoms with E-state index in [-0.39, 0.29) is 119 Å².